The van der Waals surface area contributed by atoms with Crippen LogP contribution in [0, 0.1) is 0 Å². The van der Waals surface area contributed by atoms with Crippen LogP contribution in [0.2, 0.25) is 5.02 Å². The number of carbonyl (C=O) groups excluding carboxylic acids is 1. The second kappa shape index (κ2) is 14.7. The summed E-state index contributed by atoms with van der Waals surface area (Å²) in [6.07, 6.45) is -0.455. The lowest BCUT2D eigenvalue weighted by atomic mass is 10.2. The number of nitrogens with one attached hydrogen (secondary N) is 2. The maximum Gasteiger partial charge on any atom is 0.407 e. The van der Waals surface area contributed by atoms with E-state index in [9.17, 15) is 4.79 Å². The fourth-order valence-corrected chi connectivity index (χ4v) is 3.47. The number of methoxy groups -OCH3 is 1. The summed E-state index contributed by atoms with van der Waals surface area (Å²) in [6.45, 7) is 8.79. The second-order valence-electron chi connectivity index (χ2n) is 9.22. The van der Waals surface area contributed by atoms with E-state index in [1.54, 1.807) is 12.1 Å². The van der Waals surface area contributed by atoms with Crippen molar-refractivity contribution in [1.82, 2.24) is 20.6 Å². The minimum absolute atomic E-state index is 0.234. The van der Waals surface area contributed by atoms with Gasteiger partial charge in [-0.25, -0.2) is 4.79 Å². The number of aromatic nitrogens is 2. The SMILES string of the molecule is COc1nc(Oc2ccc(Cl)c(CNCCOCCOCCNC(=O)OC(C)(C)C)c2)c2ccccc2n1. The smallest absolute Gasteiger partial charge is 0.407 e. The summed E-state index contributed by atoms with van der Waals surface area (Å²) in [4.78, 5) is 20.3. The van der Waals surface area contributed by atoms with E-state index in [0.717, 1.165) is 16.5 Å². The first-order valence-corrected chi connectivity index (χ1v) is 12.7. The zero-order valence-electron chi connectivity index (χ0n) is 22.2. The van der Waals surface area contributed by atoms with E-state index in [1.807, 2.05) is 51.1 Å². The van der Waals surface area contributed by atoms with E-state index in [2.05, 4.69) is 20.6 Å². The van der Waals surface area contributed by atoms with Gasteiger partial charge in [0.1, 0.15) is 11.4 Å². The maximum absolute atomic E-state index is 11.5. The Labute approximate surface area is 227 Å². The number of hydrogen-bond donors (Lipinski definition) is 2. The number of amides is 1. The summed E-state index contributed by atoms with van der Waals surface area (Å²) in [5, 5.41) is 7.36. The molecule has 0 unspecified atom stereocenters. The quantitative estimate of drug-likeness (QED) is 0.277. The molecule has 1 amide bonds. The van der Waals surface area contributed by atoms with E-state index >= 15 is 0 Å². The number of fused-ring (bicyclic) bond motifs is 1. The zero-order chi connectivity index (χ0) is 27.4. The normalized spacial score (nSPS) is 11.4. The molecule has 10 nitrogen and oxygen atoms in total. The van der Waals surface area contributed by atoms with Crippen LogP contribution in [-0.4, -0.2) is 68.3 Å². The molecule has 3 aromatic rings. The summed E-state index contributed by atoms with van der Waals surface area (Å²) in [5.41, 5.74) is 1.10. The van der Waals surface area contributed by atoms with E-state index in [-0.39, 0.29) is 6.01 Å². The molecule has 0 saturated heterocycles. The monoisotopic (exact) mass is 546 g/mol. The molecule has 0 spiro atoms. The van der Waals surface area contributed by atoms with Crippen molar-refractivity contribution in [2.75, 3.05) is 46.6 Å². The van der Waals surface area contributed by atoms with Crippen molar-refractivity contribution in [1.29, 1.82) is 0 Å². The Hall–Kier alpha value is -3.18. The second-order valence-corrected chi connectivity index (χ2v) is 9.63. The first-order chi connectivity index (χ1) is 18.2. The molecule has 0 radical (unpaired) electrons. The predicted molar refractivity (Wildman–Crippen MR) is 145 cm³/mol. The van der Waals surface area contributed by atoms with Gasteiger partial charge in [0, 0.05) is 24.7 Å². The number of para-hydroxylation sites is 1. The number of alkyl carbamates (subject to hydrolysis) is 1. The average Bonchev–Trinajstić information content (AvgIpc) is 2.87. The van der Waals surface area contributed by atoms with Gasteiger partial charge in [-0.05, 0) is 56.7 Å². The number of ether oxygens (including phenoxy) is 5. The Morgan fingerprint density at radius 3 is 2.45 bits per heavy atom. The van der Waals surface area contributed by atoms with Gasteiger partial charge in [-0.3, -0.25) is 0 Å². The van der Waals surface area contributed by atoms with Crippen LogP contribution >= 0.6 is 11.6 Å². The van der Waals surface area contributed by atoms with Crippen molar-refractivity contribution in [3.8, 4) is 17.6 Å². The van der Waals surface area contributed by atoms with Crippen molar-refractivity contribution in [2.45, 2.75) is 32.9 Å². The molecule has 0 fully saturated rings. The van der Waals surface area contributed by atoms with Crippen molar-refractivity contribution in [2.24, 2.45) is 0 Å². The molecule has 2 N–H and O–H groups in total. The molecule has 0 atom stereocenters. The zero-order valence-corrected chi connectivity index (χ0v) is 23.0. The molecule has 11 heteroatoms. The van der Waals surface area contributed by atoms with Crippen LogP contribution in [0.25, 0.3) is 10.9 Å². The third-order valence-electron chi connectivity index (χ3n) is 4.99. The summed E-state index contributed by atoms with van der Waals surface area (Å²) in [5.74, 6) is 1.01. The molecule has 0 aliphatic heterocycles. The molecular weight excluding hydrogens is 512 g/mol. The topological polar surface area (TPSA) is 113 Å². The highest BCUT2D eigenvalue weighted by atomic mass is 35.5. The molecule has 2 aromatic carbocycles. The summed E-state index contributed by atoms with van der Waals surface area (Å²) < 4.78 is 27.5. The predicted octanol–water partition coefficient (Wildman–Crippen LogP) is 4.73. The Bertz CT molecular complexity index is 1190. The lowest BCUT2D eigenvalue weighted by Crippen LogP contribution is -2.34. The van der Waals surface area contributed by atoms with Crippen LogP contribution in [0.3, 0.4) is 0 Å². The van der Waals surface area contributed by atoms with Crippen LogP contribution in [0.15, 0.2) is 42.5 Å². The summed E-state index contributed by atoms with van der Waals surface area (Å²) in [7, 11) is 1.52. The lowest BCUT2D eigenvalue weighted by Gasteiger charge is -2.19. The fourth-order valence-electron chi connectivity index (χ4n) is 3.29. The van der Waals surface area contributed by atoms with E-state index in [0.29, 0.717) is 62.7 Å². The third-order valence-corrected chi connectivity index (χ3v) is 5.36. The van der Waals surface area contributed by atoms with E-state index < -0.39 is 11.7 Å². The van der Waals surface area contributed by atoms with Crippen molar-refractivity contribution in [3.63, 3.8) is 0 Å². The molecule has 1 aromatic heterocycles. The lowest BCUT2D eigenvalue weighted by molar-refractivity contribution is 0.0403. The Kier molecular flexibility index (Phi) is 11.3. The first kappa shape index (κ1) is 29.4. The molecule has 0 saturated carbocycles. The number of benzene rings is 2. The van der Waals surface area contributed by atoms with Gasteiger partial charge in [0.05, 0.1) is 44.4 Å². The Balaban J connectivity index is 1.35. The van der Waals surface area contributed by atoms with Crippen LogP contribution < -0.4 is 20.1 Å². The average molecular weight is 547 g/mol. The molecule has 206 valence electrons. The molecule has 1 heterocycles. The van der Waals surface area contributed by atoms with Crippen molar-refractivity contribution < 1.29 is 28.5 Å². The van der Waals surface area contributed by atoms with E-state index in [1.165, 1.54) is 7.11 Å². The highest BCUT2D eigenvalue weighted by molar-refractivity contribution is 6.31. The third kappa shape index (κ3) is 9.94. The largest absolute Gasteiger partial charge is 0.467 e. The van der Waals surface area contributed by atoms with Crippen LogP contribution in [-0.2, 0) is 20.8 Å². The number of rotatable bonds is 14. The van der Waals surface area contributed by atoms with Gasteiger partial charge < -0.3 is 34.3 Å². The van der Waals surface area contributed by atoms with Gasteiger partial charge in [0.2, 0.25) is 5.88 Å². The standard InChI is InChI=1S/C27H35ClN4O6/c1-27(2,3)38-26(33)30-12-14-36-16-15-35-13-11-29-18-19-17-20(9-10-22(19)28)37-24-21-7-5-6-8-23(21)31-25(32-24)34-4/h5-10,17,29H,11-16,18H2,1-4H3,(H,30,33). The molecule has 38 heavy (non-hydrogen) atoms. The van der Waals surface area contributed by atoms with Crippen molar-refractivity contribution in [3.05, 3.63) is 53.1 Å². The number of carbonyl (C=O) groups is 1. The van der Waals surface area contributed by atoms with Gasteiger partial charge in [-0.1, -0.05) is 23.7 Å². The van der Waals surface area contributed by atoms with Crippen LogP contribution in [0.5, 0.6) is 17.6 Å². The van der Waals surface area contributed by atoms with E-state index in [4.69, 9.17) is 35.3 Å². The van der Waals surface area contributed by atoms with Gasteiger partial charge in [-0.15, -0.1) is 0 Å². The highest BCUT2D eigenvalue weighted by Crippen LogP contribution is 2.31. The Morgan fingerprint density at radius 2 is 1.71 bits per heavy atom. The molecule has 3 rings (SSSR count). The summed E-state index contributed by atoms with van der Waals surface area (Å²) in [6, 6.07) is 13.3. The minimum Gasteiger partial charge on any atom is -0.467 e. The minimum atomic E-state index is -0.518. The van der Waals surface area contributed by atoms with Crippen LogP contribution in [0.4, 0.5) is 4.79 Å². The molecule has 0 bridgehead atoms. The molecule has 0 aliphatic carbocycles. The van der Waals surface area contributed by atoms with Crippen molar-refractivity contribution >= 4 is 28.6 Å². The highest BCUT2D eigenvalue weighted by Gasteiger charge is 2.15. The van der Waals surface area contributed by atoms with Crippen LogP contribution in [0.1, 0.15) is 26.3 Å². The van der Waals surface area contributed by atoms with Gasteiger partial charge in [-0.2, -0.15) is 9.97 Å². The molecular formula is C27H35ClN4O6. The van der Waals surface area contributed by atoms with Gasteiger partial charge in [0.15, 0.2) is 0 Å². The number of halogens is 1. The van der Waals surface area contributed by atoms with Gasteiger partial charge >= 0.3 is 12.1 Å². The maximum atomic E-state index is 11.5. The Morgan fingerprint density at radius 1 is 0.974 bits per heavy atom. The number of nitrogens with zero attached hydrogens (tertiary/aromatic N) is 2. The number of hydrogen-bond acceptors (Lipinski definition) is 9. The van der Waals surface area contributed by atoms with Gasteiger partial charge in [0.25, 0.3) is 0 Å². The first-order valence-electron chi connectivity index (χ1n) is 12.4. The summed E-state index contributed by atoms with van der Waals surface area (Å²) >= 11 is 6.39. The fraction of sp³-hybridized carbons (Fsp3) is 0.444. The molecule has 0 aliphatic rings.